The van der Waals surface area contributed by atoms with Gasteiger partial charge in [-0.2, -0.15) is 0 Å². The molecule has 3 aromatic rings. The number of nitrogens with zero attached hydrogens (tertiary/aromatic N) is 1. The number of rotatable bonds is 6. The van der Waals surface area contributed by atoms with E-state index in [9.17, 15) is 4.79 Å². The second-order valence-corrected chi connectivity index (χ2v) is 5.90. The molecule has 1 amide bonds. The monoisotopic (exact) mass is 322 g/mol. The standard InChI is InChI=1S/C20H22N2O2/c1-3-18-22-17-12-11-14(2)16(19(17)24-18)10-7-13-21-20(23)15-8-5-4-6-9-15/h4-6,8-9,11-12H,3,7,10,13H2,1-2H3,(H,21,23). The Hall–Kier alpha value is -2.62. The van der Waals surface area contributed by atoms with E-state index < -0.39 is 0 Å². The highest BCUT2D eigenvalue weighted by Gasteiger charge is 2.12. The lowest BCUT2D eigenvalue weighted by molar-refractivity contribution is 0.0953. The number of amides is 1. The summed E-state index contributed by atoms with van der Waals surface area (Å²) >= 11 is 0. The van der Waals surface area contributed by atoms with Gasteiger partial charge < -0.3 is 9.73 Å². The minimum absolute atomic E-state index is 0.0292. The number of carbonyl (C=O) groups is 1. The van der Waals surface area contributed by atoms with Crippen molar-refractivity contribution in [3.63, 3.8) is 0 Å². The summed E-state index contributed by atoms with van der Waals surface area (Å²) in [6.45, 7) is 4.76. The number of hydrogen-bond acceptors (Lipinski definition) is 3. The van der Waals surface area contributed by atoms with E-state index in [0.29, 0.717) is 12.1 Å². The van der Waals surface area contributed by atoms with Crippen LogP contribution in [0.5, 0.6) is 0 Å². The zero-order chi connectivity index (χ0) is 16.9. The summed E-state index contributed by atoms with van der Waals surface area (Å²) < 4.78 is 5.88. The number of hydrogen-bond donors (Lipinski definition) is 1. The van der Waals surface area contributed by atoms with Crippen LogP contribution >= 0.6 is 0 Å². The van der Waals surface area contributed by atoms with Gasteiger partial charge in [-0.1, -0.05) is 31.2 Å². The fourth-order valence-electron chi connectivity index (χ4n) is 2.81. The Bertz CT molecular complexity index is 837. The zero-order valence-electron chi connectivity index (χ0n) is 14.1. The van der Waals surface area contributed by atoms with Gasteiger partial charge in [0.1, 0.15) is 5.52 Å². The maximum Gasteiger partial charge on any atom is 0.251 e. The molecule has 0 bridgehead atoms. The maximum absolute atomic E-state index is 12.0. The molecule has 4 heteroatoms. The van der Waals surface area contributed by atoms with E-state index in [-0.39, 0.29) is 5.91 Å². The van der Waals surface area contributed by atoms with E-state index in [1.165, 1.54) is 11.1 Å². The predicted molar refractivity (Wildman–Crippen MR) is 95.2 cm³/mol. The van der Waals surface area contributed by atoms with Crippen molar-refractivity contribution < 1.29 is 9.21 Å². The van der Waals surface area contributed by atoms with Gasteiger partial charge in [0, 0.05) is 24.1 Å². The van der Waals surface area contributed by atoms with Gasteiger partial charge in [0.25, 0.3) is 5.91 Å². The number of oxazole rings is 1. The van der Waals surface area contributed by atoms with Crippen molar-refractivity contribution in [2.75, 3.05) is 6.54 Å². The lowest BCUT2D eigenvalue weighted by Crippen LogP contribution is -2.24. The SMILES string of the molecule is CCc1nc2ccc(C)c(CCCNC(=O)c3ccccc3)c2o1. The average Bonchev–Trinajstić information content (AvgIpc) is 3.04. The Kier molecular flexibility index (Phi) is 4.94. The van der Waals surface area contributed by atoms with Crippen molar-refractivity contribution in [3.05, 3.63) is 65.0 Å². The third-order valence-corrected chi connectivity index (χ3v) is 4.17. The molecule has 4 nitrogen and oxygen atoms in total. The summed E-state index contributed by atoms with van der Waals surface area (Å²) in [7, 11) is 0. The van der Waals surface area contributed by atoms with Gasteiger partial charge in [0.15, 0.2) is 11.5 Å². The van der Waals surface area contributed by atoms with Crippen LogP contribution in [0.2, 0.25) is 0 Å². The van der Waals surface area contributed by atoms with Crippen LogP contribution in [0.25, 0.3) is 11.1 Å². The van der Waals surface area contributed by atoms with E-state index in [0.717, 1.165) is 36.3 Å². The Balaban J connectivity index is 1.62. The first kappa shape index (κ1) is 16.2. The van der Waals surface area contributed by atoms with Gasteiger partial charge in [0.2, 0.25) is 0 Å². The molecular weight excluding hydrogens is 300 g/mol. The van der Waals surface area contributed by atoms with Crippen molar-refractivity contribution in [3.8, 4) is 0 Å². The Morgan fingerprint density at radius 2 is 1.96 bits per heavy atom. The van der Waals surface area contributed by atoms with E-state index in [1.54, 1.807) is 0 Å². The molecule has 2 aromatic carbocycles. The Morgan fingerprint density at radius 3 is 2.71 bits per heavy atom. The van der Waals surface area contributed by atoms with Crippen LogP contribution in [-0.4, -0.2) is 17.4 Å². The summed E-state index contributed by atoms with van der Waals surface area (Å²) in [6.07, 6.45) is 2.51. The molecule has 124 valence electrons. The number of fused-ring (bicyclic) bond motifs is 1. The molecule has 3 rings (SSSR count). The van der Waals surface area contributed by atoms with Crippen molar-refractivity contribution in [1.82, 2.24) is 10.3 Å². The summed E-state index contributed by atoms with van der Waals surface area (Å²) in [5.41, 5.74) is 4.89. The van der Waals surface area contributed by atoms with Gasteiger partial charge in [-0.05, 0) is 43.5 Å². The van der Waals surface area contributed by atoms with E-state index in [1.807, 2.05) is 43.3 Å². The fourth-order valence-corrected chi connectivity index (χ4v) is 2.81. The molecule has 0 spiro atoms. The normalized spacial score (nSPS) is 10.9. The van der Waals surface area contributed by atoms with Crippen molar-refractivity contribution in [2.24, 2.45) is 0 Å². The number of aryl methyl sites for hydroxylation is 3. The van der Waals surface area contributed by atoms with Crippen LogP contribution in [0.15, 0.2) is 46.9 Å². The molecule has 0 fully saturated rings. The van der Waals surface area contributed by atoms with Crippen molar-refractivity contribution in [1.29, 1.82) is 0 Å². The predicted octanol–water partition coefficient (Wildman–Crippen LogP) is 4.06. The summed E-state index contributed by atoms with van der Waals surface area (Å²) in [5.74, 6) is 0.743. The zero-order valence-corrected chi connectivity index (χ0v) is 14.1. The second-order valence-electron chi connectivity index (χ2n) is 5.90. The highest BCUT2D eigenvalue weighted by atomic mass is 16.3. The van der Waals surface area contributed by atoms with Crippen LogP contribution in [0.4, 0.5) is 0 Å². The summed E-state index contributed by atoms with van der Waals surface area (Å²) in [6, 6.07) is 13.4. The molecule has 1 N–H and O–H groups in total. The molecule has 0 saturated heterocycles. The van der Waals surface area contributed by atoms with E-state index in [4.69, 9.17) is 4.42 Å². The maximum atomic E-state index is 12.0. The third kappa shape index (κ3) is 3.48. The number of benzene rings is 2. The second kappa shape index (κ2) is 7.30. The first-order valence-corrected chi connectivity index (χ1v) is 8.40. The highest BCUT2D eigenvalue weighted by Crippen LogP contribution is 2.24. The number of aromatic nitrogens is 1. The topological polar surface area (TPSA) is 55.1 Å². The van der Waals surface area contributed by atoms with Gasteiger partial charge >= 0.3 is 0 Å². The molecule has 0 atom stereocenters. The lowest BCUT2D eigenvalue weighted by atomic mass is 10.0. The summed E-state index contributed by atoms with van der Waals surface area (Å²) in [5, 5.41) is 2.97. The summed E-state index contributed by atoms with van der Waals surface area (Å²) in [4.78, 5) is 16.5. The Labute approximate surface area is 141 Å². The molecule has 0 aliphatic carbocycles. The molecular formula is C20H22N2O2. The smallest absolute Gasteiger partial charge is 0.251 e. The average molecular weight is 322 g/mol. The van der Waals surface area contributed by atoms with Crippen LogP contribution in [0, 0.1) is 6.92 Å². The highest BCUT2D eigenvalue weighted by molar-refractivity contribution is 5.94. The molecule has 0 aliphatic heterocycles. The number of carbonyl (C=O) groups excluding carboxylic acids is 1. The third-order valence-electron chi connectivity index (χ3n) is 4.17. The minimum Gasteiger partial charge on any atom is -0.440 e. The molecule has 1 heterocycles. The minimum atomic E-state index is -0.0292. The first-order valence-electron chi connectivity index (χ1n) is 8.40. The molecule has 24 heavy (non-hydrogen) atoms. The first-order chi connectivity index (χ1) is 11.7. The van der Waals surface area contributed by atoms with Gasteiger partial charge in [-0.3, -0.25) is 4.79 Å². The Morgan fingerprint density at radius 1 is 1.17 bits per heavy atom. The van der Waals surface area contributed by atoms with Crippen LogP contribution < -0.4 is 5.32 Å². The molecule has 1 aromatic heterocycles. The van der Waals surface area contributed by atoms with Crippen LogP contribution in [-0.2, 0) is 12.8 Å². The van der Waals surface area contributed by atoms with E-state index in [2.05, 4.69) is 23.3 Å². The van der Waals surface area contributed by atoms with Crippen LogP contribution in [0.1, 0.15) is 40.7 Å². The van der Waals surface area contributed by atoms with Crippen LogP contribution in [0.3, 0.4) is 0 Å². The lowest BCUT2D eigenvalue weighted by Gasteiger charge is -2.08. The molecule has 0 radical (unpaired) electrons. The largest absolute Gasteiger partial charge is 0.440 e. The quantitative estimate of drug-likeness (QED) is 0.696. The van der Waals surface area contributed by atoms with E-state index >= 15 is 0 Å². The molecule has 0 unspecified atom stereocenters. The van der Waals surface area contributed by atoms with Gasteiger partial charge in [0.05, 0.1) is 0 Å². The molecule has 0 aliphatic rings. The van der Waals surface area contributed by atoms with Gasteiger partial charge in [-0.25, -0.2) is 4.98 Å². The molecule has 0 saturated carbocycles. The number of nitrogens with one attached hydrogen (secondary N) is 1. The van der Waals surface area contributed by atoms with Gasteiger partial charge in [-0.15, -0.1) is 0 Å². The van der Waals surface area contributed by atoms with Crippen molar-refractivity contribution >= 4 is 17.0 Å². The fraction of sp³-hybridized carbons (Fsp3) is 0.300. The van der Waals surface area contributed by atoms with Crippen molar-refractivity contribution in [2.45, 2.75) is 33.1 Å².